The van der Waals surface area contributed by atoms with Crippen molar-refractivity contribution in [2.75, 3.05) is 5.32 Å². The van der Waals surface area contributed by atoms with E-state index in [1.807, 2.05) is 24.3 Å². The Balaban J connectivity index is 1.53. The predicted molar refractivity (Wildman–Crippen MR) is 111 cm³/mol. The van der Waals surface area contributed by atoms with Gasteiger partial charge in [0.2, 0.25) is 11.8 Å². The van der Waals surface area contributed by atoms with E-state index in [9.17, 15) is 9.59 Å². The molecule has 2 amide bonds. The lowest BCUT2D eigenvalue weighted by Crippen LogP contribution is -2.47. The second kappa shape index (κ2) is 8.76. The van der Waals surface area contributed by atoms with E-state index in [1.165, 1.54) is 13.3 Å². The largest absolute Gasteiger partial charge is 0.344 e. The van der Waals surface area contributed by atoms with E-state index in [0.717, 1.165) is 68.7 Å². The summed E-state index contributed by atoms with van der Waals surface area (Å²) in [6.45, 7) is 2.40. The Labute approximate surface area is 171 Å². The molecule has 1 aromatic heterocycles. The second-order valence-electron chi connectivity index (χ2n) is 8.19. The van der Waals surface area contributed by atoms with E-state index in [1.54, 1.807) is 0 Å². The maximum absolute atomic E-state index is 13.0. The fraction of sp³-hybridized carbons (Fsp3) is 0.545. The lowest BCUT2D eigenvalue weighted by molar-refractivity contribution is -0.126. The zero-order valence-corrected chi connectivity index (χ0v) is 17.0. The van der Waals surface area contributed by atoms with Crippen molar-refractivity contribution >= 4 is 17.5 Å². The Kier molecular flexibility index (Phi) is 5.92. The van der Waals surface area contributed by atoms with Crippen molar-refractivity contribution in [3.05, 3.63) is 30.1 Å². The van der Waals surface area contributed by atoms with Crippen LogP contribution in [0.25, 0.3) is 11.4 Å². The molecule has 1 aromatic carbocycles. The van der Waals surface area contributed by atoms with Crippen LogP contribution in [0.5, 0.6) is 0 Å². The quantitative estimate of drug-likeness (QED) is 0.813. The number of carbonyl (C=O) groups excluding carboxylic acids is 2. The minimum absolute atomic E-state index is 0.149. The second-order valence-corrected chi connectivity index (χ2v) is 8.19. The molecule has 0 spiro atoms. The average Bonchev–Trinajstić information content (AvgIpc) is 3.31. The van der Waals surface area contributed by atoms with Crippen LogP contribution in [0.1, 0.15) is 57.7 Å². The number of aryl methyl sites for hydroxylation is 1. The van der Waals surface area contributed by atoms with Crippen molar-refractivity contribution in [3.63, 3.8) is 0 Å². The van der Waals surface area contributed by atoms with Crippen LogP contribution in [0.4, 0.5) is 5.69 Å². The van der Waals surface area contributed by atoms with Gasteiger partial charge in [-0.25, -0.2) is 0 Å². The maximum Gasteiger partial charge on any atom is 0.247 e. The number of amides is 2. The zero-order chi connectivity index (χ0) is 20.2. The van der Waals surface area contributed by atoms with Gasteiger partial charge in [-0.3, -0.25) is 9.59 Å². The zero-order valence-electron chi connectivity index (χ0n) is 17.0. The molecule has 1 aliphatic carbocycles. The van der Waals surface area contributed by atoms with Crippen molar-refractivity contribution in [1.29, 1.82) is 0 Å². The fourth-order valence-electron chi connectivity index (χ4n) is 4.56. The van der Waals surface area contributed by atoms with Gasteiger partial charge in [0.15, 0.2) is 5.82 Å². The molecule has 7 nitrogen and oxygen atoms in total. The molecule has 0 bridgehead atoms. The molecule has 2 heterocycles. The summed E-state index contributed by atoms with van der Waals surface area (Å²) in [6.07, 6.45) is 8.64. The summed E-state index contributed by atoms with van der Waals surface area (Å²) in [5, 5.41) is 14.6. The Morgan fingerprint density at radius 3 is 2.72 bits per heavy atom. The fourth-order valence-corrected chi connectivity index (χ4v) is 4.56. The minimum Gasteiger partial charge on any atom is -0.344 e. The molecule has 2 N–H and O–H groups in total. The summed E-state index contributed by atoms with van der Waals surface area (Å²) in [4.78, 5) is 24.6. The smallest absolute Gasteiger partial charge is 0.247 e. The number of hydrogen-bond donors (Lipinski definition) is 2. The monoisotopic (exact) mass is 395 g/mol. The lowest BCUT2D eigenvalue weighted by atomic mass is 9.97. The number of nitrogens with one attached hydrogen (secondary N) is 2. The van der Waals surface area contributed by atoms with Crippen molar-refractivity contribution in [2.45, 2.75) is 70.9 Å². The molecule has 1 aliphatic heterocycles. The number of aromatic nitrogens is 3. The Hall–Kier alpha value is -2.70. The highest BCUT2D eigenvalue weighted by Gasteiger charge is 2.31. The number of nitrogens with zero attached hydrogens (tertiary/aromatic N) is 3. The molecule has 0 saturated heterocycles. The molecule has 1 saturated carbocycles. The van der Waals surface area contributed by atoms with Gasteiger partial charge in [-0.2, -0.15) is 0 Å². The number of fused-ring (bicyclic) bond motifs is 1. The van der Waals surface area contributed by atoms with Crippen LogP contribution in [-0.4, -0.2) is 32.6 Å². The van der Waals surface area contributed by atoms with Gasteiger partial charge in [0.1, 0.15) is 11.9 Å². The molecule has 4 rings (SSSR count). The first-order chi connectivity index (χ1) is 14.1. The van der Waals surface area contributed by atoms with Gasteiger partial charge in [0.05, 0.1) is 0 Å². The van der Waals surface area contributed by atoms with E-state index in [4.69, 9.17) is 0 Å². The van der Waals surface area contributed by atoms with E-state index in [2.05, 4.69) is 25.4 Å². The Morgan fingerprint density at radius 1 is 1.10 bits per heavy atom. The third kappa shape index (κ3) is 4.49. The van der Waals surface area contributed by atoms with Gasteiger partial charge in [0.25, 0.3) is 0 Å². The molecule has 154 valence electrons. The van der Waals surface area contributed by atoms with Crippen molar-refractivity contribution in [3.8, 4) is 11.4 Å². The summed E-state index contributed by atoms with van der Waals surface area (Å²) < 4.78 is 2.20. The summed E-state index contributed by atoms with van der Waals surface area (Å²) in [7, 11) is 0. The average molecular weight is 396 g/mol. The van der Waals surface area contributed by atoms with Gasteiger partial charge in [-0.05, 0) is 43.7 Å². The minimum atomic E-state index is -0.483. The summed E-state index contributed by atoms with van der Waals surface area (Å²) in [5.41, 5.74) is 1.66. The van der Waals surface area contributed by atoms with Crippen LogP contribution in [0.2, 0.25) is 0 Å². The van der Waals surface area contributed by atoms with E-state index in [-0.39, 0.29) is 17.7 Å². The highest BCUT2D eigenvalue weighted by Crippen LogP contribution is 2.29. The lowest BCUT2D eigenvalue weighted by Gasteiger charge is -2.23. The number of hydrogen-bond acceptors (Lipinski definition) is 4. The number of benzene rings is 1. The standard InChI is InChI=1S/C22H29N5O2/c1-15(28)23-20(16-8-4-5-9-16)22(29)24-18-11-7-10-17(14-18)21-26-25-19-12-3-2-6-13-27(19)21/h7,10-11,14,16,20H,2-6,8-9,12-13H2,1H3,(H,23,28)(H,24,29). The molecular formula is C22H29N5O2. The maximum atomic E-state index is 13.0. The Morgan fingerprint density at radius 2 is 1.93 bits per heavy atom. The third-order valence-corrected chi connectivity index (χ3v) is 6.01. The van der Waals surface area contributed by atoms with Crippen molar-refractivity contribution in [1.82, 2.24) is 20.1 Å². The highest BCUT2D eigenvalue weighted by molar-refractivity contribution is 5.97. The van der Waals surface area contributed by atoms with Gasteiger partial charge in [0, 0.05) is 31.1 Å². The third-order valence-electron chi connectivity index (χ3n) is 6.01. The molecule has 7 heteroatoms. The van der Waals surface area contributed by atoms with Crippen molar-refractivity contribution < 1.29 is 9.59 Å². The van der Waals surface area contributed by atoms with Gasteiger partial charge in [-0.15, -0.1) is 10.2 Å². The van der Waals surface area contributed by atoms with Gasteiger partial charge in [-0.1, -0.05) is 31.4 Å². The van der Waals surface area contributed by atoms with Crippen LogP contribution in [0.15, 0.2) is 24.3 Å². The Bertz CT molecular complexity index is 885. The van der Waals surface area contributed by atoms with Crippen LogP contribution in [0.3, 0.4) is 0 Å². The first-order valence-electron chi connectivity index (χ1n) is 10.7. The molecule has 1 fully saturated rings. The molecule has 1 atom stereocenters. The normalized spacial score (nSPS) is 18.0. The van der Waals surface area contributed by atoms with Crippen LogP contribution >= 0.6 is 0 Å². The van der Waals surface area contributed by atoms with Crippen LogP contribution in [-0.2, 0) is 22.6 Å². The topological polar surface area (TPSA) is 88.9 Å². The predicted octanol–water partition coefficient (Wildman–Crippen LogP) is 3.30. The van der Waals surface area contributed by atoms with E-state index in [0.29, 0.717) is 5.69 Å². The highest BCUT2D eigenvalue weighted by atomic mass is 16.2. The van der Waals surface area contributed by atoms with E-state index >= 15 is 0 Å². The number of anilines is 1. The summed E-state index contributed by atoms with van der Waals surface area (Å²) >= 11 is 0. The first kappa shape index (κ1) is 19.6. The van der Waals surface area contributed by atoms with Gasteiger partial charge < -0.3 is 15.2 Å². The van der Waals surface area contributed by atoms with Crippen molar-refractivity contribution in [2.24, 2.45) is 5.92 Å². The van der Waals surface area contributed by atoms with Gasteiger partial charge >= 0.3 is 0 Å². The molecule has 0 radical (unpaired) electrons. The number of rotatable bonds is 5. The molecule has 29 heavy (non-hydrogen) atoms. The summed E-state index contributed by atoms with van der Waals surface area (Å²) in [5.74, 6) is 1.78. The summed E-state index contributed by atoms with van der Waals surface area (Å²) in [6, 6.07) is 7.26. The SMILES string of the molecule is CC(=O)NC(C(=O)Nc1cccc(-c2nnc3n2CCCCC3)c1)C1CCCC1. The molecule has 2 aromatic rings. The molecule has 1 unspecified atom stereocenters. The molecular weight excluding hydrogens is 366 g/mol. The first-order valence-corrected chi connectivity index (χ1v) is 10.7. The van der Waals surface area contributed by atoms with Crippen LogP contribution < -0.4 is 10.6 Å². The molecule has 2 aliphatic rings. The van der Waals surface area contributed by atoms with Crippen LogP contribution in [0, 0.1) is 5.92 Å². The number of carbonyl (C=O) groups is 2. The van der Waals surface area contributed by atoms with E-state index < -0.39 is 6.04 Å².